The molecule has 56 heavy (non-hydrogen) atoms. The van der Waals surface area contributed by atoms with Crippen LogP contribution in [0, 0.1) is 0 Å². The minimum atomic E-state index is -1.13. The van der Waals surface area contributed by atoms with E-state index in [9.17, 15) is 19.5 Å². The number of carboxylic acids is 1. The van der Waals surface area contributed by atoms with Gasteiger partial charge in [-0.1, -0.05) is 152 Å². The molecule has 0 bridgehead atoms. The van der Waals surface area contributed by atoms with Gasteiger partial charge < -0.3 is 28.6 Å². The van der Waals surface area contributed by atoms with E-state index >= 15 is 0 Å². The Kier molecular flexibility index (Phi) is 36.8. The van der Waals surface area contributed by atoms with Crippen LogP contribution in [0.15, 0.2) is 60.8 Å². The van der Waals surface area contributed by atoms with Crippen LogP contribution in [0.5, 0.6) is 0 Å². The number of hydrogen-bond acceptors (Lipinski definition) is 7. The molecule has 8 nitrogen and oxygen atoms in total. The van der Waals surface area contributed by atoms with Gasteiger partial charge in [0.15, 0.2) is 6.10 Å². The van der Waals surface area contributed by atoms with Crippen molar-refractivity contribution in [3.8, 4) is 0 Å². The molecular formula is C48H83NO7. The summed E-state index contributed by atoms with van der Waals surface area (Å²) in [7, 11) is 5.39. The van der Waals surface area contributed by atoms with Crippen LogP contribution < -0.4 is 5.11 Å². The average molecular weight is 786 g/mol. The molecule has 0 radical (unpaired) electrons. The van der Waals surface area contributed by atoms with Crippen molar-refractivity contribution < 1.29 is 38.2 Å². The number of rotatable bonds is 39. The van der Waals surface area contributed by atoms with Crippen LogP contribution in [0.25, 0.3) is 0 Å². The summed E-state index contributed by atoms with van der Waals surface area (Å²) in [5.74, 6) is -1.79. The van der Waals surface area contributed by atoms with Crippen molar-refractivity contribution in [2.75, 3.05) is 41.0 Å². The van der Waals surface area contributed by atoms with Gasteiger partial charge in [-0.3, -0.25) is 9.59 Å². The molecule has 2 unspecified atom stereocenters. The van der Waals surface area contributed by atoms with Gasteiger partial charge in [-0.25, -0.2) is 0 Å². The van der Waals surface area contributed by atoms with E-state index < -0.39 is 18.1 Å². The Bertz CT molecular complexity index is 1100. The quantitative estimate of drug-likeness (QED) is 0.0201. The highest BCUT2D eigenvalue weighted by Crippen LogP contribution is 2.13. The van der Waals surface area contributed by atoms with Crippen molar-refractivity contribution in [2.24, 2.45) is 0 Å². The number of unbranched alkanes of at least 4 members (excludes halogenated alkanes) is 18. The third-order valence-corrected chi connectivity index (χ3v) is 9.72. The zero-order valence-corrected chi connectivity index (χ0v) is 36.5. The zero-order chi connectivity index (χ0) is 41.4. The number of carbonyl (C=O) groups is 3. The number of carboxylic acid groups (broad SMARTS) is 1. The third-order valence-electron chi connectivity index (χ3n) is 9.72. The molecule has 0 aliphatic heterocycles. The Hall–Kier alpha value is -2.97. The molecule has 0 saturated carbocycles. The second kappa shape index (κ2) is 38.9. The summed E-state index contributed by atoms with van der Waals surface area (Å²) in [6.07, 6.45) is 46.7. The van der Waals surface area contributed by atoms with Gasteiger partial charge >= 0.3 is 11.9 Å². The van der Waals surface area contributed by atoms with Gasteiger partial charge in [0.05, 0.1) is 40.3 Å². The summed E-state index contributed by atoms with van der Waals surface area (Å²) >= 11 is 0. The standard InChI is InChI=1S/C48H83NO7/c1-6-8-10-12-14-16-18-20-22-23-24-25-27-28-30-32-34-36-38-46(50)55-43-44(42-54-41-40-45(48(52)53)49(3,4)5)56-47(51)39-37-35-33-31-29-26-21-19-17-15-13-11-9-7-2/h14,16,18,20,22-26,29,44-45H,6-13,15,17,19,21,27-28,30-43H2,1-5H3/b16-14+,20-18+,23-22+,25-24+,29-26+. The molecule has 0 aromatic carbocycles. The van der Waals surface area contributed by atoms with Crippen LogP contribution in [-0.4, -0.2) is 75.5 Å². The summed E-state index contributed by atoms with van der Waals surface area (Å²) in [4.78, 5) is 36.8. The topological polar surface area (TPSA) is 102 Å². The number of aliphatic carboxylic acids is 1. The normalized spacial score (nSPS) is 13.5. The van der Waals surface area contributed by atoms with Crippen molar-refractivity contribution >= 4 is 17.9 Å². The molecule has 0 heterocycles. The van der Waals surface area contributed by atoms with Gasteiger partial charge in [0.25, 0.3) is 0 Å². The fraction of sp³-hybridized carbons (Fsp3) is 0.729. The molecular weight excluding hydrogens is 703 g/mol. The second-order valence-corrected chi connectivity index (χ2v) is 16.0. The average Bonchev–Trinajstić information content (AvgIpc) is 3.15. The lowest BCUT2D eigenvalue weighted by atomic mass is 10.1. The number of ether oxygens (including phenoxy) is 3. The summed E-state index contributed by atoms with van der Waals surface area (Å²) < 4.78 is 17.1. The van der Waals surface area contributed by atoms with Gasteiger partial charge in [-0.15, -0.1) is 0 Å². The van der Waals surface area contributed by atoms with E-state index in [4.69, 9.17) is 14.2 Å². The van der Waals surface area contributed by atoms with Crippen LogP contribution in [0.1, 0.15) is 174 Å². The molecule has 0 spiro atoms. The SMILES string of the molecule is CCCCC/C=C/C=C/C=C/C=C/CCCCCCCC(=O)OCC(COCCC(C(=O)[O-])[N+](C)(C)C)OC(=O)CCCCC/C=C/CCCCCCCCC. The smallest absolute Gasteiger partial charge is 0.306 e. The van der Waals surface area contributed by atoms with E-state index in [1.165, 1.54) is 64.2 Å². The van der Waals surface area contributed by atoms with E-state index in [0.717, 1.165) is 77.0 Å². The monoisotopic (exact) mass is 786 g/mol. The zero-order valence-electron chi connectivity index (χ0n) is 36.5. The minimum absolute atomic E-state index is 0.0247. The van der Waals surface area contributed by atoms with E-state index in [1.807, 2.05) is 6.08 Å². The van der Waals surface area contributed by atoms with E-state index in [1.54, 1.807) is 21.1 Å². The van der Waals surface area contributed by atoms with Crippen LogP contribution in [0.3, 0.4) is 0 Å². The van der Waals surface area contributed by atoms with Crippen molar-refractivity contribution in [1.29, 1.82) is 0 Å². The maximum atomic E-state index is 12.7. The number of likely N-dealkylation sites (N-methyl/N-ethyl adjacent to an activating group) is 1. The summed E-state index contributed by atoms with van der Waals surface area (Å²) in [5.41, 5.74) is 0. The molecule has 0 saturated heterocycles. The fourth-order valence-electron chi connectivity index (χ4n) is 6.19. The molecule has 0 aromatic heterocycles. The molecule has 0 N–H and O–H groups in total. The number of hydrogen-bond donors (Lipinski definition) is 0. The first-order valence-electron chi connectivity index (χ1n) is 22.4. The van der Waals surface area contributed by atoms with Gasteiger partial charge in [0, 0.05) is 19.3 Å². The minimum Gasteiger partial charge on any atom is -0.544 e. The van der Waals surface area contributed by atoms with E-state index in [-0.39, 0.29) is 42.7 Å². The van der Waals surface area contributed by atoms with Crippen LogP contribution in [0.4, 0.5) is 0 Å². The van der Waals surface area contributed by atoms with E-state index in [2.05, 4.69) is 68.5 Å². The fourth-order valence-corrected chi connectivity index (χ4v) is 6.19. The number of carbonyl (C=O) groups excluding carboxylic acids is 3. The molecule has 0 aromatic rings. The number of quaternary nitrogens is 1. The molecule has 0 rings (SSSR count). The predicted molar refractivity (Wildman–Crippen MR) is 231 cm³/mol. The number of allylic oxidation sites excluding steroid dienone is 10. The van der Waals surface area contributed by atoms with Crippen LogP contribution in [-0.2, 0) is 28.6 Å². The van der Waals surface area contributed by atoms with Crippen molar-refractivity contribution in [1.82, 2.24) is 0 Å². The molecule has 0 amide bonds. The first-order valence-corrected chi connectivity index (χ1v) is 22.4. The summed E-state index contributed by atoms with van der Waals surface area (Å²) in [6, 6.07) is -0.734. The summed E-state index contributed by atoms with van der Waals surface area (Å²) in [6.45, 7) is 4.57. The van der Waals surface area contributed by atoms with Gasteiger partial charge in [-0.05, 0) is 64.2 Å². The van der Waals surface area contributed by atoms with Crippen LogP contribution in [0.2, 0.25) is 0 Å². The first-order chi connectivity index (χ1) is 27.1. The molecule has 2 atom stereocenters. The lowest BCUT2D eigenvalue weighted by Crippen LogP contribution is -2.55. The molecule has 322 valence electrons. The lowest BCUT2D eigenvalue weighted by Gasteiger charge is -2.34. The highest BCUT2D eigenvalue weighted by atomic mass is 16.6. The number of nitrogens with zero attached hydrogens (tertiary/aromatic N) is 1. The van der Waals surface area contributed by atoms with Crippen molar-refractivity contribution in [3.63, 3.8) is 0 Å². The van der Waals surface area contributed by atoms with Crippen LogP contribution >= 0.6 is 0 Å². The Morgan fingerprint density at radius 3 is 1.50 bits per heavy atom. The highest BCUT2D eigenvalue weighted by Gasteiger charge is 2.25. The summed E-state index contributed by atoms with van der Waals surface area (Å²) in [5, 5.41) is 11.6. The first kappa shape index (κ1) is 53.0. The maximum Gasteiger partial charge on any atom is 0.306 e. The maximum absolute atomic E-state index is 12.7. The largest absolute Gasteiger partial charge is 0.544 e. The number of esters is 2. The lowest BCUT2D eigenvalue weighted by molar-refractivity contribution is -0.889. The van der Waals surface area contributed by atoms with Crippen molar-refractivity contribution in [2.45, 2.75) is 187 Å². The highest BCUT2D eigenvalue weighted by molar-refractivity contribution is 5.70. The Labute approximate surface area is 343 Å². The third kappa shape index (κ3) is 36.7. The van der Waals surface area contributed by atoms with Gasteiger partial charge in [-0.2, -0.15) is 0 Å². The van der Waals surface area contributed by atoms with Gasteiger partial charge in [0.2, 0.25) is 0 Å². The molecule has 8 heteroatoms. The van der Waals surface area contributed by atoms with Crippen molar-refractivity contribution in [3.05, 3.63) is 60.8 Å². The Morgan fingerprint density at radius 2 is 0.964 bits per heavy atom. The predicted octanol–water partition coefficient (Wildman–Crippen LogP) is 10.9. The molecule has 0 fully saturated rings. The van der Waals surface area contributed by atoms with Gasteiger partial charge in [0.1, 0.15) is 12.6 Å². The Morgan fingerprint density at radius 1 is 0.536 bits per heavy atom. The molecule has 0 aliphatic rings. The second-order valence-electron chi connectivity index (χ2n) is 16.0. The van der Waals surface area contributed by atoms with E-state index in [0.29, 0.717) is 12.8 Å². The molecule has 0 aliphatic carbocycles. The Balaban J connectivity index is 4.42.